The molecule has 2 heteroatoms. The van der Waals surface area contributed by atoms with Gasteiger partial charge in [-0.15, -0.1) is 0 Å². The van der Waals surface area contributed by atoms with Crippen LogP contribution in [0.5, 0.6) is 0 Å². The molecule has 78 valence electrons. The molecule has 1 saturated heterocycles. The second-order valence-corrected chi connectivity index (χ2v) is 4.66. The topological polar surface area (TPSA) is 29.1 Å². The molecule has 2 nitrogen and oxygen atoms in total. The fraction of sp³-hybridized carbons (Fsp3) is 0.462. The molecular weight excluding hydrogens is 186 g/mol. The van der Waals surface area contributed by atoms with Gasteiger partial charge in [-0.25, -0.2) is 0 Å². The predicted octanol–water partition coefficient (Wildman–Crippen LogP) is 1.88. The van der Waals surface area contributed by atoms with Crippen molar-refractivity contribution in [2.45, 2.75) is 19.3 Å². The number of nitrogens with one attached hydrogen (secondary N) is 1. The molecule has 1 aromatic rings. The summed E-state index contributed by atoms with van der Waals surface area (Å²) < 4.78 is 0. The average Bonchev–Trinajstić information content (AvgIpc) is 2.54. The van der Waals surface area contributed by atoms with Crippen molar-refractivity contribution in [3.05, 3.63) is 34.9 Å². The molecule has 1 aliphatic carbocycles. The van der Waals surface area contributed by atoms with Gasteiger partial charge in [-0.05, 0) is 25.5 Å². The Hall–Kier alpha value is -1.15. The van der Waals surface area contributed by atoms with Crippen molar-refractivity contribution in [3.8, 4) is 0 Å². The van der Waals surface area contributed by atoms with Crippen molar-refractivity contribution in [1.82, 2.24) is 5.32 Å². The number of hydrogen-bond donors (Lipinski definition) is 1. The van der Waals surface area contributed by atoms with Crippen LogP contribution in [0.2, 0.25) is 0 Å². The lowest BCUT2D eigenvalue weighted by Gasteiger charge is -2.25. The Bertz CT molecular complexity index is 425. The van der Waals surface area contributed by atoms with E-state index in [1.165, 1.54) is 11.1 Å². The Labute approximate surface area is 89.7 Å². The summed E-state index contributed by atoms with van der Waals surface area (Å²) in [6.45, 7) is 4.04. The highest BCUT2D eigenvalue weighted by molar-refractivity contribution is 6.03. The normalized spacial score (nSPS) is 28.7. The molecule has 15 heavy (non-hydrogen) atoms. The number of carbonyl (C=O) groups excluding carboxylic acids is 1. The van der Waals surface area contributed by atoms with Crippen molar-refractivity contribution in [1.29, 1.82) is 0 Å². The molecule has 1 fully saturated rings. The van der Waals surface area contributed by atoms with Crippen LogP contribution in [0.4, 0.5) is 0 Å². The Balaban J connectivity index is 2.12. The Kier molecular flexibility index (Phi) is 1.93. The molecule has 1 aliphatic heterocycles. The highest BCUT2D eigenvalue weighted by atomic mass is 16.1. The van der Waals surface area contributed by atoms with E-state index in [1.807, 2.05) is 12.1 Å². The summed E-state index contributed by atoms with van der Waals surface area (Å²) in [6, 6.07) is 6.23. The van der Waals surface area contributed by atoms with Crippen LogP contribution in [0.25, 0.3) is 0 Å². The fourth-order valence-electron chi connectivity index (χ4n) is 2.91. The number of fused-ring (bicyclic) bond motifs is 3. The molecule has 1 aromatic carbocycles. The molecule has 2 aliphatic rings. The van der Waals surface area contributed by atoms with Crippen LogP contribution in [0.15, 0.2) is 18.2 Å². The minimum Gasteiger partial charge on any atom is -0.316 e. The van der Waals surface area contributed by atoms with E-state index in [4.69, 9.17) is 0 Å². The SMILES string of the molecule is Cc1ccc2c(c1)[C@H]1CNCC[C@@H]1C2=O. The summed E-state index contributed by atoms with van der Waals surface area (Å²) >= 11 is 0. The molecule has 0 radical (unpaired) electrons. The molecule has 0 bridgehead atoms. The summed E-state index contributed by atoms with van der Waals surface area (Å²) in [5.74, 6) is 1.06. The highest BCUT2D eigenvalue weighted by Gasteiger charge is 2.40. The van der Waals surface area contributed by atoms with Crippen LogP contribution in [-0.2, 0) is 0 Å². The van der Waals surface area contributed by atoms with Gasteiger partial charge in [0.25, 0.3) is 0 Å². The molecule has 0 saturated carbocycles. The maximum Gasteiger partial charge on any atom is 0.166 e. The Morgan fingerprint density at radius 3 is 3.07 bits per heavy atom. The minimum absolute atomic E-state index is 0.253. The third kappa shape index (κ3) is 1.25. The number of ketones is 1. The van der Waals surface area contributed by atoms with E-state index in [2.05, 4.69) is 18.3 Å². The van der Waals surface area contributed by atoms with Crippen molar-refractivity contribution >= 4 is 5.78 Å². The van der Waals surface area contributed by atoms with E-state index in [-0.39, 0.29) is 5.92 Å². The van der Waals surface area contributed by atoms with Crippen molar-refractivity contribution in [2.75, 3.05) is 13.1 Å². The van der Waals surface area contributed by atoms with Gasteiger partial charge in [-0.3, -0.25) is 4.79 Å². The number of rotatable bonds is 0. The maximum absolute atomic E-state index is 12.1. The number of carbonyl (C=O) groups is 1. The molecule has 1 heterocycles. The first-order chi connectivity index (χ1) is 7.27. The third-order valence-electron chi connectivity index (χ3n) is 3.69. The van der Waals surface area contributed by atoms with Gasteiger partial charge in [0.15, 0.2) is 5.78 Å². The number of piperidine rings is 1. The second-order valence-electron chi connectivity index (χ2n) is 4.66. The monoisotopic (exact) mass is 201 g/mol. The van der Waals surface area contributed by atoms with Gasteiger partial charge in [-0.1, -0.05) is 23.8 Å². The summed E-state index contributed by atoms with van der Waals surface area (Å²) in [5.41, 5.74) is 3.50. The molecule has 1 N–H and O–H groups in total. The lowest BCUT2D eigenvalue weighted by atomic mass is 9.86. The first-order valence-corrected chi connectivity index (χ1v) is 5.63. The average molecular weight is 201 g/mol. The van der Waals surface area contributed by atoms with Crippen molar-refractivity contribution < 1.29 is 4.79 Å². The zero-order valence-corrected chi connectivity index (χ0v) is 8.92. The summed E-state index contributed by atoms with van der Waals surface area (Å²) in [6.07, 6.45) is 0.997. The van der Waals surface area contributed by atoms with Gasteiger partial charge in [0.05, 0.1) is 0 Å². The quantitative estimate of drug-likeness (QED) is 0.694. The zero-order valence-electron chi connectivity index (χ0n) is 8.92. The van der Waals surface area contributed by atoms with Gasteiger partial charge < -0.3 is 5.32 Å². The lowest BCUT2D eigenvalue weighted by Crippen LogP contribution is -2.34. The largest absolute Gasteiger partial charge is 0.316 e. The fourth-order valence-corrected chi connectivity index (χ4v) is 2.91. The van der Waals surface area contributed by atoms with Gasteiger partial charge >= 0.3 is 0 Å². The molecule has 3 rings (SSSR count). The first-order valence-electron chi connectivity index (χ1n) is 5.63. The van der Waals surface area contributed by atoms with Crippen LogP contribution in [0.1, 0.15) is 33.8 Å². The van der Waals surface area contributed by atoms with Crippen LogP contribution in [0.3, 0.4) is 0 Å². The Morgan fingerprint density at radius 1 is 1.33 bits per heavy atom. The predicted molar refractivity (Wildman–Crippen MR) is 59.2 cm³/mol. The van der Waals surface area contributed by atoms with Gasteiger partial charge in [0, 0.05) is 23.9 Å². The summed E-state index contributed by atoms with van der Waals surface area (Å²) in [5, 5.41) is 3.38. The summed E-state index contributed by atoms with van der Waals surface area (Å²) in [4.78, 5) is 12.1. The smallest absolute Gasteiger partial charge is 0.166 e. The zero-order chi connectivity index (χ0) is 10.4. The number of benzene rings is 1. The lowest BCUT2D eigenvalue weighted by molar-refractivity contribution is 0.0904. The highest BCUT2D eigenvalue weighted by Crippen LogP contribution is 2.40. The molecule has 2 atom stereocenters. The van der Waals surface area contributed by atoms with Gasteiger partial charge in [-0.2, -0.15) is 0 Å². The third-order valence-corrected chi connectivity index (χ3v) is 3.69. The van der Waals surface area contributed by atoms with E-state index in [0.29, 0.717) is 11.7 Å². The summed E-state index contributed by atoms with van der Waals surface area (Å²) in [7, 11) is 0. The van der Waals surface area contributed by atoms with Crippen LogP contribution >= 0.6 is 0 Å². The van der Waals surface area contributed by atoms with Crippen molar-refractivity contribution in [3.63, 3.8) is 0 Å². The number of Topliss-reactive ketones (excluding diaryl/α,β-unsaturated/α-hetero) is 1. The van der Waals surface area contributed by atoms with Crippen LogP contribution in [-0.4, -0.2) is 18.9 Å². The van der Waals surface area contributed by atoms with Gasteiger partial charge in [0.2, 0.25) is 0 Å². The maximum atomic E-state index is 12.1. The first kappa shape index (κ1) is 9.10. The molecule has 0 aromatic heterocycles. The van der Waals surface area contributed by atoms with Crippen LogP contribution in [0, 0.1) is 12.8 Å². The Morgan fingerprint density at radius 2 is 2.20 bits per heavy atom. The number of aryl methyl sites for hydroxylation is 1. The van der Waals surface area contributed by atoms with E-state index in [9.17, 15) is 4.79 Å². The van der Waals surface area contributed by atoms with Crippen molar-refractivity contribution in [2.24, 2.45) is 5.92 Å². The standard InChI is InChI=1S/C13H15NO/c1-8-2-3-9-11(6-8)12-7-14-5-4-10(12)13(9)15/h2-3,6,10,12,14H,4-5,7H2,1H3/t10-,12-/m0/s1. The van der Waals surface area contributed by atoms with E-state index < -0.39 is 0 Å². The van der Waals surface area contributed by atoms with E-state index >= 15 is 0 Å². The minimum atomic E-state index is 0.253. The van der Waals surface area contributed by atoms with Gasteiger partial charge in [0.1, 0.15) is 0 Å². The molecular formula is C13H15NO. The number of hydrogen-bond acceptors (Lipinski definition) is 2. The van der Waals surface area contributed by atoms with E-state index in [1.54, 1.807) is 0 Å². The second kappa shape index (κ2) is 3.17. The molecule has 0 amide bonds. The van der Waals surface area contributed by atoms with E-state index in [0.717, 1.165) is 25.1 Å². The molecule has 0 spiro atoms. The molecule has 0 unspecified atom stereocenters. The van der Waals surface area contributed by atoms with Crippen LogP contribution < -0.4 is 5.32 Å².